The predicted octanol–water partition coefficient (Wildman–Crippen LogP) is 9.72. The summed E-state index contributed by atoms with van der Waals surface area (Å²) >= 11 is 0. The monoisotopic (exact) mass is 466 g/mol. The van der Waals surface area contributed by atoms with Gasteiger partial charge >= 0.3 is 0 Å². The van der Waals surface area contributed by atoms with E-state index in [1.54, 1.807) is 11.1 Å². The minimum atomic E-state index is 0.162. The summed E-state index contributed by atoms with van der Waals surface area (Å²) < 4.78 is 0. The van der Waals surface area contributed by atoms with Gasteiger partial charge in [0.15, 0.2) is 0 Å². The second kappa shape index (κ2) is 11.2. The van der Waals surface area contributed by atoms with Crippen LogP contribution < -0.4 is 0 Å². The fourth-order valence-corrected chi connectivity index (χ4v) is 6.16. The van der Waals surface area contributed by atoms with Crippen LogP contribution in [0.2, 0.25) is 0 Å². The van der Waals surface area contributed by atoms with Crippen molar-refractivity contribution in [2.75, 3.05) is 0 Å². The Morgan fingerprint density at radius 3 is 2.14 bits per heavy atom. The molecule has 1 aliphatic rings. The smallest absolute Gasteiger partial charge is 0.00201 e. The summed E-state index contributed by atoms with van der Waals surface area (Å²) in [7, 11) is 0. The molecular weight excluding hydrogens is 420 g/mol. The van der Waals surface area contributed by atoms with Crippen LogP contribution >= 0.6 is 0 Å². The zero-order chi connectivity index (χ0) is 25.0. The second-order valence-corrected chi connectivity index (χ2v) is 12.0. The Morgan fingerprint density at radius 1 is 0.714 bits per heavy atom. The first-order chi connectivity index (χ1) is 16.8. The molecule has 0 heterocycles. The highest BCUT2D eigenvalue weighted by Crippen LogP contribution is 2.38. The molecule has 3 aromatic rings. The van der Waals surface area contributed by atoms with Gasteiger partial charge in [-0.15, -0.1) is 0 Å². The van der Waals surface area contributed by atoms with Crippen LogP contribution in [0, 0.1) is 12.8 Å². The highest BCUT2D eigenvalue weighted by molar-refractivity contribution is 5.43. The van der Waals surface area contributed by atoms with E-state index in [0.29, 0.717) is 0 Å². The largest absolute Gasteiger partial charge is 0.0651 e. The Morgan fingerprint density at radius 2 is 1.46 bits per heavy atom. The maximum atomic E-state index is 2.54. The van der Waals surface area contributed by atoms with Crippen molar-refractivity contribution in [3.63, 3.8) is 0 Å². The van der Waals surface area contributed by atoms with Gasteiger partial charge in [-0.05, 0) is 114 Å². The van der Waals surface area contributed by atoms with Crippen molar-refractivity contribution in [3.8, 4) is 0 Å². The van der Waals surface area contributed by atoms with Crippen LogP contribution in [-0.2, 0) is 24.7 Å². The summed E-state index contributed by atoms with van der Waals surface area (Å²) in [6.07, 6.45) is 10.1. The van der Waals surface area contributed by atoms with Gasteiger partial charge in [0.05, 0.1) is 0 Å². The van der Waals surface area contributed by atoms with E-state index in [1.165, 1.54) is 65.5 Å². The second-order valence-electron chi connectivity index (χ2n) is 12.0. The lowest BCUT2D eigenvalue weighted by Gasteiger charge is -2.28. The van der Waals surface area contributed by atoms with Crippen LogP contribution in [0.1, 0.15) is 117 Å². The summed E-state index contributed by atoms with van der Waals surface area (Å²) in [4.78, 5) is 0. The van der Waals surface area contributed by atoms with Crippen molar-refractivity contribution >= 4 is 0 Å². The third-order valence-electron chi connectivity index (χ3n) is 8.52. The molecule has 0 aromatic heterocycles. The van der Waals surface area contributed by atoms with Crippen molar-refractivity contribution in [2.24, 2.45) is 5.92 Å². The first-order valence-corrected chi connectivity index (χ1v) is 14.1. The standard InChI is InChI=1S/C35H46/c1-7-26-15-17-29(18-16-26)31-20-19-30(28(8-2)23-31)21-27-14-13-25(3)33(22-27)24-32-11-9-10-12-34(32)35(4,5)6/h9-14,19-20,22-23,26,29H,7-8,15-18,21,24H2,1-6H3. The van der Waals surface area contributed by atoms with E-state index in [-0.39, 0.29) is 5.41 Å². The van der Waals surface area contributed by atoms with Crippen LogP contribution in [-0.4, -0.2) is 0 Å². The summed E-state index contributed by atoms with van der Waals surface area (Å²) in [6.45, 7) is 13.9. The Labute approximate surface area is 215 Å². The molecule has 0 saturated heterocycles. The summed E-state index contributed by atoms with van der Waals surface area (Å²) in [6, 6.07) is 23.5. The Hall–Kier alpha value is -2.34. The summed E-state index contributed by atoms with van der Waals surface area (Å²) in [5.41, 5.74) is 12.0. The molecule has 1 fully saturated rings. The van der Waals surface area contributed by atoms with E-state index in [4.69, 9.17) is 0 Å². The summed E-state index contributed by atoms with van der Waals surface area (Å²) in [5.74, 6) is 1.73. The maximum Gasteiger partial charge on any atom is -0.00201 e. The van der Waals surface area contributed by atoms with Gasteiger partial charge < -0.3 is 0 Å². The van der Waals surface area contributed by atoms with Crippen LogP contribution in [0.25, 0.3) is 0 Å². The zero-order valence-corrected chi connectivity index (χ0v) is 23.1. The molecule has 35 heavy (non-hydrogen) atoms. The molecule has 0 heteroatoms. The number of rotatable bonds is 7. The normalized spacial score (nSPS) is 18.6. The maximum absolute atomic E-state index is 2.54. The lowest BCUT2D eigenvalue weighted by Crippen LogP contribution is -2.14. The predicted molar refractivity (Wildman–Crippen MR) is 153 cm³/mol. The average Bonchev–Trinajstić information content (AvgIpc) is 2.86. The topological polar surface area (TPSA) is 0 Å². The van der Waals surface area contributed by atoms with E-state index < -0.39 is 0 Å². The van der Waals surface area contributed by atoms with Gasteiger partial charge in [-0.1, -0.05) is 102 Å². The van der Waals surface area contributed by atoms with Crippen LogP contribution in [0.3, 0.4) is 0 Å². The van der Waals surface area contributed by atoms with Gasteiger partial charge in [-0.3, -0.25) is 0 Å². The van der Waals surface area contributed by atoms with E-state index in [9.17, 15) is 0 Å². The molecule has 1 saturated carbocycles. The quantitative estimate of drug-likeness (QED) is 0.325. The van der Waals surface area contributed by atoms with Crippen molar-refractivity contribution in [1.29, 1.82) is 0 Å². The minimum Gasteiger partial charge on any atom is -0.0651 e. The molecule has 0 amide bonds. The summed E-state index contributed by atoms with van der Waals surface area (Å²) in [5, 5.41) is 0. The SMILES string of the molecule is CCc1cc(C2CCC(CC)CC2)ccc1Cc1ccc(C)c(Cc2ccccc2C(C)(C)C)c1. The molecule has 0 atom stereocenters. The fraction of sp³-hybridized carbons (Fsp3) is 0.486. The average molecular weight is 467 g/mol. The van der Waals surface area contributed by atoms with Gasteiger partial charge in [0.25, 0.3) is 0 Å². The third-order valence-corrected chi connectivity index (χ3v) is 8.52. The van der Waals surface area contributed by atoms with Crippen LogP contribution in [0.15, 0.2) is 60.7 Å². The molecule has 0 unspecified atom stereocenters. The first-order valence-electron chi connectivity index (χ1n) is 14.1. The molecule has 0 nitrogen and oxygen atoms in total. The van der Waals surface area contributed by atoms with Gasteiger partial charge in [-0.25, -0.2) is 0 Å². The van der Waals surface area contributed by atoms with E-state index >= 15 is 0 Å². The number of aryl methyl sites for hydroxylation is 2. The van der Waals surface area contributed by atoms with Crippen molar-refractivity contribution < 1.29 is 0 Å². The molecule has 4 rings (SSSR count). The van der Waals surface area contributed by atoms with Gasteiger partial charge in [0.1, 0.15) is 0 Å². The van der Waals surface area contributed by atoms with Crippen LogP contribution in [0.5, 0.6) is 0 Å². The fourth-order valence-electron chi connectivity index (χ4n) is 6.16. The minimum absolute atomic E-state index is 0.162. The molecule has 186 valence electrons. The van der Waals surface area contributed by atoms with Crippen LogP contribution in [0.4, 0.5) is 0 Å². The van der Waals surface area contributed by atoms with Crippen molar-refractivity contribution in [3.05, 3.63) is 105 Å². The van der Waals surface area contributed by atoms with Crippen molar-refractivity contribution in [1.82, 2.24) is 0 Å². The molecule has 1 aliphatic carbocycles. The highest BCUT2D eigenvalue weighted by atomic mass is 14.3. The Bertz CT molecular complexity index is 1120. The first kappa shape index (κ1) is 25.7. The van der Waals surface area contributed by atoms with E-state index in [0.717, 1.165) is 31.1 Å². The Balaban J connectivity index is 1.54. The molecule has 3 aromatic carbocycles. The zero-order valence-electron chi connectivity index (χ0n) is 23.1. The third kappa shape index (κ3) is 6.27. The molecule has 0 radical (unpaired) electrons. The molecule has 0 aliphatic heterocycles. The number of benzene rings is 3. The molecular formula is C35H46. The van der Waals surface area contributed by atoms with E-state index in [1.807, 2.05) is 0 Å². The van der Waals surface area contributed by atoms with Gasteiger partial charge in [-0.2, -0.15) is 0 Å². The number of hydrogen-bond acceptors (Lipinski definition) is 0. The number of hydrogen-bond donors (Lipinski definition) is 0. The van der Waals surface area contributed by atoms with Crippen molar-refractivity contribution in [2.45, 2.75) is 104 Å². The highest BCUT2D eigenvalue weighted by Gasteiger charge is 2.22. The van der Waals surface area contributed by atoms with Gasteiger partial charge in [0.2, 0.25) is 0 Å². The lowest BCUT2D eigenvalue weighted by molar-refractivity contribution is 0.318. The lowest BCUT2D eigenvalue weighted by atomic mass is 9.77. The van der Waals surface area contributed by atoms with Gasteiger partial charge in [0, 0.05) is 0 Å². The molecule has 0 spiro atoms. The molecule has 0 bridgehead atoms. The van der Waals surface area contributed by atoms with E-state index in [2.05, 4.69) is 102 Å². The Kier molecular flexibility index (Phi) is 8.20. The molecule has 0 N–H and O–H groups in total.